The number of hydrogen-bond donors (Lipinski definition) is 1. The van der Waals surface area contributed by atoms with E-state index in [0.29, 0.717) is 18.0 Å². The van der Waals surface area contributed by atoms with Gasteiger partial charge in [0.2, 0.25) is 0 Å². The molecule has 4 aromatic carbocycles. The van der Waals surface area contributed by atoms with Gasteiger partial charge >= 0.3 is 0 Å². The lowest BCUT2D eigenvalue weighted by molar-refractivity contribution is -0.119. The Kier molecular flexibility index (Phi) is 9.16. The smallest absolute Gasteiger partial charge is 0.264 e. The van der Waals surface area contributed by atoms with Crippen molar-refractivity contribution in [1.29, 1.82) is 0 Å². The molecule has 0 aliphatic carbocycles. The molecule has 4 aromatic rings. The highest BCUT2D eigenvalue weighted by Gasteiger charge is 2.28. The highest BCUT2D eigenvalue weighted by atomic mass is 79.9. The van der Waals surface area contributed by atoms with E-state index in [2.05, 4.69) is 26.5 Å². The average Bonchev–Trinajstić information content (AvgIpc) is 2.93. The molecule has 0 aromatic heterocycles. The molecule has 0 spiro atoms. The van der Waals surface area contributed by atoms with Crippen LogP contribution in [0.25, 0.3) is 0 Å². The van der Waals surface area contributed by atoms with Gasteiger partial charge < -0.3 is 4.74 Å². The molecule has 1 N–H and O–H groups in total. The van der Waals surface area contributed by atoms with Gasteiger partial charge in [0.05, 0.1) is 16.8 Å². The Morgan fingerprint density at radius 2 is 1.64 bits per heavy atom. The summed E-state index contributed by atoms with van der Waals surface area (Å²) in [5, 5.41) is 4.02. The monoisotopic (exact) mass is 605 g/mol. The van der Waals surface area contributed by atoms with Crippen molar-refractivity contribution in [3.8, 4) is 5.75 Å². The zero-order valence-electron chi connectivity index (χ0n) is 21.5. The number of halogens is 1. The van der Waals surface area contributed by atoms with Gasteiger partial charge in [-0.25, -0.2) is 13.8 Å². The lowest BCUT2D eigenvalue weighted by Crippen LogP contribution is -2.40. The molecular weight excluding hydrogens is 578 g/mol. The zero-order valence-corrected chi connectivity index (χ0v) is 23.9. The molecular formula is C30H28BrN3O4S. The summed E-state index contributed by atoms with van der Waals surface area (Å²) >= 11 is 3.42. The van der Waals surface area contributed by atoms with Crippen molar-refractivity contribution in [1.82, 2.24) is 5.43 Å². The molecule has 1 amide bonds. The van der Waals surface area contributed by atoms with Gasteiger partial charge in [-0.1, -0.05) is 64.0 Å². The molecule has 0 radical (unpaired) electrons. The maximum absolute atomic E-state index is 13.5. The largest absolute Gasteiger partial charge is 0.489 e. The first-order valence-corrected chi connectivity index (χ1v) is 14.4. The summed E-state index contributed by atoms with van der Waals surface area (Å²) in [7, 11) is -3.99. The third-order valence-electron chi connectivity index (χ3n) is 5.84. The van der Waals surface area contributed by atoms with E-state index >= 15 is 0 Å². The van der Waals surface area contributed by atoms with Crippen LogP contribution in [-0.4, -0.2) is 27.1 Å². The number of ether oxygens (including phenoxy) is 1. The van der Waals surface area contributed by atoms with Crippen molar-refractivity contribution in [2.75, 3.05) is 10.8 Å². The summed E-state index contributed by atoms with van der Waals surface area (Å²) in [5.41, 5.74) is 6.41. The van der Waals surface area contributed by atoms with E-state index in [9.17, 15) is 13.2 Å². The fourth-order valence-corrected chi connectivity index (χ4v) is 5.62. The molecule has 7 nitrogen and oxygen atoms in total. The van der Waals surface area contributed by atoms with Crippen molar-refractivity contribution in [3.05, 3.63) is 124 Å². The average molecular weight is 607 g/mol. The van der Waals surface area contributed by atoms with Gasteiger partial charge in [-0.2, -0.15) is 5.10 Å². The Hall–Kier alpha value is -3.95. The van der Waals surface area contributed by atoms with E-state index in [1.54, 1.807) is 24.3 Å². The van der Waals surface area contributed by atoms with Gasteiger partial charge in [-0.05, 0) is 85.1 Å². The molecule has 0 atom stereocenters. The van der Waals surface area contributed by atoms with Gasteiger partial charge in [0.25, 0.3) is 15.9 Å². The summed E-state index contributed by atoms with van der Waals surface area (Å²) < 4.78 is 34.9. The second-order valence-electron chi connectivity index (χ2n) is 8.89. The van der Waals surface area contributed by atoms with Crippen LogP contribution in [0.1, 0.15) is 22.3 Å². The molecule has 0 saturated heterocycles. The first-order valence-electron chi connectivity index (χ1n) is 12.2. The number of nitrogens with zero attached hydrogens (tertiary/aromatic N) is 2. The molecule has 9 heteroatoms. The minimum absolute atomic E-state index is 0.101. The Bertz CT molecular complexity index is 1560. The van der Waals surface area contributed by atoms with Gasteiger partial charge in [0, 0.05) is 4.47 Å². The molecule has 0 fully saturated rings. The lowest BCUT2D eigenvalue weighted by Gasteiger charge is -2.25. The highest BCUT2D eigenvalue weighted by molar-refractivity contribution is 9.10. The quantitative estimate of drug-likeness (QED) is 0.178. The van der Waals surface area contributed by atoms with Crippen LogP contribution in [-0.2, 0) is 21.4 Å². The van der Waals surface area contributed by atoms with E-state index in [1.165, 1.54) is 18.3 Å². The van der Waals surface area contributed by atoms with Crippen molar-refractivity contribution in [2.24, 2.45) is 5.10 Å². The fraction of sp³-hybridized carbons (Fsp3) is 0.133. The maximum atomic E-state index is 13.5. The molecule has 0 aliphatic heterocycles. The minimum atomic E-state index is -3.99. The van der Waals surface area contributed by atoms with Crippen LogP contribution >= 0.6 is 15.9 Å². The molecule has 39 heavy (non-hydrogen) atoms. The maximum Gasteiger partial charge on any atom is 0.264 e. The number of rotatable bonds is 10. The SMILES string of the molecule is Cc1ccc(N(CC(=O)NN=Cc2ccc(OCc3ccc(Br)cc3)cc2)S(=O)(=O)c2ccccc2)c(C)c1. The Balaban J connectivity index is 1.41. The minimum Gasteiger partial charge on any atom is -0.489 e. The zero-order chi connectivity index (χ0) is 27.8. The highest BCUT2D eigenvalue weighted by Crippen LogP contribution is 2.27. The van der Waals surface area contributed by atoms with Crippen molar-refractivity contribution >= 4 is 43.8 Å². The van der Waals surface area contributed by atoms with Gasteiger partial charge in [0.1, 0.15) is 18.9 Å². The lowest BCUT2D eigenvalue weighted by atomic mass is 10.1. The number of carbonyl (C=O) groups excluding carboxylic acids is 1. The summed E-state index contributed by atoms with van der Waals surface area (Å²) in [6.45, 7) is 3.76. The number of sulfonamides is 1. The normalized spacial score (nSPS) is 11.4. The summed E-state index contributed by atoms with van der Waals surface area (Å²) in [6, 6.07) is 28.6. The van der Waals surface area contributed by atoms with Crippen LogP contribution in [0, 0.1) is 13.8 Å². The second kappa shape index (κ2) is 12.7. The van der Waals surface area contributed by atoms with Crippen LogP contribution in [0.15, 0.2) is 112 Å². The van der Waals surface area contributed by atoms with Crippen LogP contribution < -0.4 is 14.5 Å². The molecule has 0 saturated carbocycles. The molecule has 0 unspecified atom stereocenters. The number of anilines is 1. The number of hydrogen-bond acceptors (Lipinski definition) is 5. The number of carbonyl (C=O) groups is 1. The Morgan fingerprint density at radius 3 is 2.31 bits per heavy atom. The third-order valence-corrected chi connectivity index (χ3v) is 8.14. The standard InChI is InChI=1S/C30H28BrN3O4S/c1-22-8-17-29(23(2)18-22)34(39(36,37)28-6-4-3-5-7-28)20-30(35)33-32-19-24-11-15-27(16-12-24)38-21-25-9-13-26(31)14-10-25/h3-19H,20-21H2,1-2H3,(H,33,35). The summed E-state index contributed by atoms with van der Waals surface area (Å²) in [6.07, 6.45) is 1.49. The fourth-order valence-electron chi connectivity index (χ4n) is 3.85. The van der Waals surface area contributed by atoms with Gasteiger partial charge in [-0.3, -0.25) is 9.10 Å². The summed E-state index contributed by atoms with van der Waals surface area (Å²) in [5.74, 6) is 0.134. The third kappa shape index (κ3) is 7.55. The molecule has 0 bridgehead atoms. The van der Waals surface area contributed by atoms with Crippen LogP contribution in [0.5, 0.6) is 5.75 Å². The second-order valence-corrected chi connectivity index (χ2v) is 11.7. The van der Waals surface area contributed by atoms with E-state index in [1.807, 2.05) is 74.5 Å². The number of nitrogens with one attached hydrogen (secondary N) is 1. The van der Waals surface area contributed by atoms with Gasteiger partial charge in [-0.15, -0.1) is 0 Å². The number of aryl methyl sites for hydroxylation is 2. The number of benzene rings is 4. The van der Waals surface area contributed by atoms with E-state index in [4.69, 9.17) is 4.74 Å². The van der Waals surface area contributed by atoms with Crippen LogP contribution in [0.2, 0.25) is 0 Å². The molecule has 200 valence electrons. The topological polar surface area (TPSA) is 88.1 Å². The first kappa shape index (κ1) is 28.1. The van der Waals surface area contributed by atoms with Crippen LogP contribution in [0.3, 0.4) is 0 Å². The van der Waals surface area contributed by atoms with E-state index < -0.39 is 22.5 Å². The van der Waals surface area contributed by atoms with E-state index in [0.717, 1.165) is 31.0 Å². The molecule has 4 rings (SSSR count). The predicted molar refractivity (Wildman–Crippen MR) is 158 cm³/mol. The van der Waals surface area contributed by atoms with E-state index in [-0.39, 0.29) is 4.90 Å². The van der Waals surface area contributed by atoms with Crippen LogP contribution in [0.4, 0.5) is 5.69 Å². The molecule has 0 heterocycles. The van der Waals surface area contributed by atoms with Crippen molar-refractivity contribution in [3.63, 3.8) is 0 Å². The Labute approximate surface area is 237 Å². The van der Waals surface area contributed by atoms with Gasteiger partial charge in [0.15, 0.2) is 0 Å². The van der Waals surface area contributed by atoms with Crippen molar-refractivity contribution in [2.45, 2.75) is 25.3 Å². The number of amides is 1. The first-order chi connectivity index (χ1) is 18.7. The Morgan fingerprint density at radius 1 is 0.949 bits per heavy atom. The molecule has 0 aliphatic rings. The summed E-state index contributed by atoms with van der Waals surface area (Å²) in [4.78, 5) is 12.9. The predicted octanol–water partition coefficient (Wildman–Crippen LogP) is 5.99. The number of hydrazone groups is 1. The van der Waals surface area contributed by atoms with Crippen molar-refractivity contribution < 1.29 is 17.9 Å².